The molecule has 3 N–H and O–H groups in total. The van der Waals surface area contributed by atoms with Crippen molar-refractivity contribution < 1.29 is 14.3 Å². The molecule has 3 amide bonds. The van der Waals surface area contributed by atoms with Gasteiger partial charge in [-0.1, -0.05) is 6.07 Å². The third-order valence-electron chi connectivity index (χ3n) is 3.82. The molecule has 7 nitrogen and oxygen atoms in total. The molecule has 0 atom stereocenters. The number of hydrogen-bond donors (Lipinski definition) is 3. The van der Waals surface area contributed by atoms with Gasteiger partial charge in [0.1, 0.15) is 5.75 Å². The lowest BCUT2D eigenvalue weighted by atomic mass is 10.2. The Hall–Kier alpha value is -3.22. The van der Waals surface area contributed by atoms with Crippen molar-refractivity contribution >= 4 is 35.2 Å². The van der Waals surface area contributed by atoms with Gasteiger partial charge in [-0.25, -0.2) is 9.69 Å². The van der Waals surface area contributed by atoms with E-state index >= 15 is 0 Å². The molecule has 0 spiro atoms. The van der Waals surface area contributed by atoms with Crippen molar-refractivity contribution in [1.29, 1.82) is 0 Å². The highest BCUT2D eigenvalue weighted by Crippen LogP contribution is 2.29. The number of nitrogens with one attached hydrogen (secondary N) is 3. The number of urea groups is 1. The molecule has 0 saturated carbocycles. The predicted octanol–water partition coefficient (Wildman–Crippen LogP) is 3.51. The Bertz CT molecular complexity index is 807. The predicted molar refractivity (Wildman–Crippen MR) is 103 cm³/mol. The highest BCUT2D eigenvalue weighted by Gasteiger charge is 2.18. The number of fused-ring (bicyclic) bond motifs is 1. The van der Waals surface area contributed by atoms with E-state index in [9.17, 15) is 9.59 Å². The molecule has 0 aliphatic carbocycles. The molecular formula is C19H22N4O3. The maximum atomic E-state index is 12.6. The van der Waals surface area contributed by atoms with Crippen LogP contribution < -0.4 is 25.6 Å². The SMILES string of the molecule is CC(C)Oc1cccc(NC(=O)N(C=O)c2ccc3c(c2)NCCN3)c1. The van der Waals surface area contributed by atoms with E-state index in [0.717, 1.165) is 29.4 Å². The minimum Gasteiger partial charge on any atom is -0.491 e. The van der Waals surface area contributed by atoms with E-state index in [0.29, 0.717) is 23.5 Å². The normalized spacial score (nSPS) is 12.4. The topological polar surface area (TPSA) is 82.7 Å². The Morgan fingerprint density at radius 1 is 1.15 bits per heavy atom. The molecule has 2 aromatic carbocycles. The molecule has 2 aromatic rings. The zero-order valence-corrected chi connectivity index (χ0v) is 14.8. The van der Waals surface area contributed by atoms with E-state index in [1.54, 1.807) is 30.3 Å². The van der Waals surface area contributed by atoms with Crippen molar-refractivity contribution in [3.63, 3.8) is 0 Å². The van der Waals surface area contributed by atoms with Gasteiger partial charge in [-0.3, -0.25) is 4.79 Å². The van der Waals surface area contributed by atoms with Crippen LogP contribution in [0.5, 0.6) is 5.75 Å². The van der Waals surface area contributed by atoms with Gasteiger partial charge in [-0.2, -0.15) is 0 Å². The second-order valence-electron chi connectivity index (χ2n) is 6.18. The Morgan fingerprint density at radius 3 is 2.65 bits per heavy atom. The number of imide groups is 1. The van der Waals surface area contributed by atoms with Gasteiger partial charge in [0.25, 0.3) is 0 Å². The summed E-state index contributed by atoms with van der Waals surface area (Å²) in [6, 6.07) is 11.9. The molecule has 136 valence electrons. The Labute approximate surface area is 152 Å². The zero-order valence-electron chi connectivity index (χ0n) is 14.8. The van der Waals surface area contributed by atoms with Crippen molar-refractivity contribution in [2.24, 2.45) is 0 Å². The van der Waals surface area contributed by atoms with Gasteiger partial charge in [-0.05, 0) is 44.2 Å². The molecule has 0 bridgehead atoms. The summed E-state index contributed by atoms with van der Waals surface area (Å²) in [6.45, 7) is 5.47. The molecule has 26 heavy (non-hydrogen) atoms. The van der Waals surface area contributed by atoms with E-state index in [4.69, 9.17) is 4.74 Å². The fraction of sp³-hybridized carbons (Fsp3) is 0.263. The van der Waals surface area contributed by atoms with Crippen LogP contribution in [0.1, 0.15) is 13.8 Å². The van der Waals surface area contributed by atoms with Crippen LogP contribution in [0.4, 0.5) is 27.5 Å². The smallest absolute Gasteiger partial charge is 0.332 e. The monoisotopic (exact) mass is 354 g/mol. The number of anilines is 4. The van der Waals surface area contributed by atoms with Gasteiger partial charge >= 0.3 is 6.03 Å². The lowest BCUT2D eigenvalue weighted by molar-refractivity contribution is -0.106. The minimum atomic E-state index is -0.537. The third-order valence-corrected chi connectivity index (χ3v) is 3.82. The molecule has 1 aliphatic heterocycles. The first kappa shape index (κ1) is 17.6. The van der Waals surface area contributed by atoms with E-state index in [-0.39, 0.29) is 6.10 Å². The van der Waals surface area contributed by atoms with Crippen LogP contribution in [0.3, 0.4) is 0 Å². The number of carbonyl (C=O) groups is 2. The lowest BCUT2D eigenvalue weighted by Crippen LogP contribution is -2.34. The fourth-order valence-corrected chi connectivity index (χ4v) is 2.71. The molecule has 0 aromatic heterocycles. The summed E-state index contributed by atoms with van der Waals surface area (Å²) in [7, 11) is 0. The maximum Gasteiger partial charge on any atom is 0.332 e. The van der Waals surface area contributed by atoms with Crippen LogP contribution in [0.25, 0.3) is 0 Å². The number of nitrogens with zero attached hydrogens (tertiary/aromatic N) is 1. The van der Waals surface area contributed by atoms with E-state index in [2.05, 4.69) is 16.0 Å². The first-order valence-corrected chi connectivity index (χ1v) is 8.51. The summed E-state index contributed by atoms with van der Waals surface area (Å²) < 4.78 is 5.62. The molecule has 0 fully saturated rings. The Kier molecular flexibility index (Phi) is 5.26. The first-order chi connectivity index (χ1) is 12.6. The minimum absolute atomic E-state index is 0.0315. The average Bonchev–Trinajstić information content (AvgIpc) is 2.62. The fourth-order valence-electron chi connectivity index (χ4n) is 2.71. The summed E-state index contributed by atoms with van der Waals surface area (Å²) in [6.07, 6.45) is 0.533. The summed E-state index contributed by atoms with van der Waals surface area (Å²) >= 11 is 0. The van der Waals surface area contributed by atoms with E-state index < -0.39 is 6.03 Å². The van der Waals surface area contributed by atoms with E-state index in [1.165, 1.54) is 0 Å². The summed E-state index contributed by atoms with van der Waals surface area (Å²) in [5.74, 6) is 0.652. The van der Waals surface area contributed by atoms with Gasteiger partial charge < -0.3 is 20.7 Å². The standard InChI is InChI=1S/C19H22N4O3/c1-13(2)26-16-5-3-4-14(10-16)22-19(25)23(12-24)15-6-7-17-18(11-15)21-9-8-20-17/h3-7,10-13,20-21H,8-9H2,1-2H3,(H,22,25). The first-order valence-electron chi connectivity index (χ1n) is 8.51. The highest BCUT2D eigenvalue weighted by atomic mass is 16.5. The van der Waals surface area contributed by atoms with Crippen LogP contribution in [0, 0.1) is 0 Å². The summed E-state index contributed by atoms with van der Waals surface area (Å²) in [5, 5.41) is 9.22. The van der Waals surface area contributed by atoms with Gasteiger partial charge in [0.15, 0.2) is 0 Å². The van der Waals surface area contributed by atoms with Gasteiger partial charge in [0.05, 0.1) is 23.2 Å². The number of hydrogen-bond acceptors (Lipinski definition) is 5. The molecule has 0 saturated heterocycles. The van der Waals surface area contributed by atoms with Crippen LogP contribution in [-0.4, -0.2) is 31.6 Å². The Morgan fingerprint density at radius 2 is 1.92 bits per heavy atom. The Balaban J connectivity index is 1.76. The number of benzene rings is 2. The van der Waals surface area contributed by atoms with Crippen molar-refractivity contribution in [2.75, 3.05) is 33.9 Å². The largest absolute Gasteiger partial charge is 0.491 e. The molecule has 7 heteroatoms. The molecule has 0 unspecified atom stereocenters. The average molecular weight is 354 g/mol. The van der Waals surface area contributed by atoms with Crippen molar-refractivity contribution in [3.05, 3.63) is 42.5 Å². The van der Waals surface area contributed by atoms with Gasteiger partial charge in [0.2, 0.25) is 6.41 Å². The van der Waals surface area contributed by atoms with Crippen molar-refractivity contribution in [1.82, 2.24) is 0 Å². The second kappa shape index (κ2) is 7.77. The zero-order chi connectivity index (χ0) is 18.5. The quantitative estimate of drug-likeness (QED) is 0.716. The number of carbonyl (C=O) groups excluding carboxylic acids is 2. The highest BCUT2D eigenvalue weighted by molar-refractivity contribution is 6.12. The molecular weight excluding hydrogens is 332 g/mol. The lowest BCUT2D eigenvalue weighted by Gasteiger charge is -2.23. The van der Waals surface area contributed by atoms with Crippen LogP contribution >= 0.6 is 0 Å². The van der Waals surface area contributed by atoms with Crippen molar-refractivity contribution in [2.45, 2.75) is 20.0 Å². The third kappa shape index (κ3) is 4.05. The molecule has 0 radical (unpaired) electrons. The van der Waals surface area contributed by atoms with Gasteiger partial charge in [0, 0.05) is 24.8 Å². The van der Waals surface area contributed by atoms with E-state index in [1.807, 2.05) is 26.0 Å². The molecule has 3 rings (SSSR count). The number of ether oxygens (including phenoxy) is 1. The summed E-state index contributed by atoms with van der Waals surface area (Å²) in [5.41, 5.74) is 2.85. The van der Waals surface area contributed by atoms with Crippen LogP contribution in [0.15, 0.2) is 42.5 Å². The second-order valence-corrected chi connectivity index (χ2v) is 6.18. The molecule has 1 aliphatic rings. The van der Waals surface area contributed by atoms with Gasteiger partial charge in [-0.15, -0.1) is 0 Å². The number of rotatable bonds is 5. The van der Waals surface area contributed by atoms with Crippen LogP contribution in [0.2, 0.25) is 0 Å². The van der Waals surface area contributed by atoms with Crippen molar-refractivity contribution in [3.8, 4) is 5.75 Å². The molecule has 1 heterocycles. The maximum absolute atomic E-state index is 12.6. The number of amides is 3. The summed E-state index contributed by atoms with van der Waals surface area (Å²) in [4.78, 5) is 25.1. The van der Waals surface area contributed by atoms with Crippen LogP contribution in [-0.2, 0) is 4.79 Å².